The van der Waals surface area contributed by atoms with E-state index in [1.807, 2.05) is 54.6 Å². The number of nitrogens with zero attached hydrogens (tertiary/aromatic N) is 1. The van der Waals surface area contributed by atoms with Crippen molar-refractivity contribution >= 4 is 11.6 Å². The van der Waals surface area contributed by atoms with Crippen molar-refractivity contribution in [1.29, 1.82) is 0 Å². The van der Waals surface area contributed by atoms with E-state index in [0.29, 0.717) is 22.9 Å². The molecule has 0 spiro atoms. The van der Waals surface area contributed by atoms with E-state index in [1.165, 1.54) is 0 Å². The average molecular weight is 389 g/mol. The largest absolute Gasteiger partial charge is 0.493 e. The SMILES string of the molecule is COc1ccccc1OCc1ccc(C(=O)Nc2ccc(-c3ccn[nH]3)cc2)o1. The summed E-state index contributed by atoms with van der Waals surface area (Å²) in [6.45, 7) is 0.187. The van der Waals surface area contributed by atoms with Gasteiger partial charge in [-0.2, -0.15) is 5.10 Å². The molecular weight excluding hydrogens is 370 g/mol. The molecule has 0 fully saturated rings. The number of para-hydroxylation sites is 2. The Kier molecular flexibility index (Phi) is 5.29. The molecule has 0 saturated carbocycles. The molecule has 1 amide bonds. The Hall–Kier alpha value is -4.00. The highest BCUT2D eigenvalue weighted by Gasteiger charge is 2.13. The molecule has 2 aromatic heterocycles. The maximum absolute atomic E-state index is 12.4. The molecule has 0 atom stereocenters. The van der Waals surface area contributed by atoms with Crippen molar-refractivity contribution in [2.45, 2.75) is 6.61 Å². The van der Waals surface area contributed by atoms with Gasteiger partial charge in [0.25, 0.3) is 5.91 Å². The molecule has 0 aliphatic rings. The Bertz CT molecular complexity index is 1090. The number of rotatable bonds is 7. The van der Waals surface area contributed by atoms with E-state index in [9.17, 15) is 4.79 Å². The van der Waals surface area contributed by atoms with Gasteiger partial charge in [0.1, 0.15) is 12.4 Å². The molecule has 2 aromatic carbocycles. The Morgan fingerprint density at radius 1 is 1.03 bits per heavy atom. The van der Waals surface area contributed by atoms with Crippen molar-refractivity contribution in [1.82, 2.24) is 10.2 Å². The second-order valence-electron chi connectivity index (χ2n) is 6.21. The number of H-pyrrole nitrogens is 1. The van der Waals surface area contributed by atoms with E-state index < -0.39 is 0 Å². The van der Waals surface area contributed by atoms with E-state index in [0.717, 1.165) is 11.3 Å². The van der Waals surface area contributed by atoms with Crippen LogP contribution in [0.4, 0.5) is 5.69 Å². The van der Waals surface area contributed by atoms with Crippen molar-refractivity contribution in [2.75, 3.05) is 12.4 Å². The number of carbonyl (C=O) groups is 1. The number of aromatic nitrogens is 2. The summed E-state index contributed by atoms with van der Waals surface area (Å²) in [6.07, 6.45) is 1.69. The summed E-state index contributed by atoms with van der Waals surface area (Å²) < 4.78 is 16.6. The van der Waals surface area contributed by atoms with Crippen LogP contribution in [0.15, 0.2) is 77.3 Å². The van der Waals surface area contributed by atoms with Crippen LogP contribution in [0.3, 0.4) is 0 Å². The normalized spacial score (nSPS) is 10.5. The van der Waals surface area contributed by atoms with Crippen LogP contribution in [-0.2, 0) is 6.61 Å². The first-order valence-corrected chi connectivity index (χ1v) is 8.98. The minimum absolute atomic E-state index is 0.187. The number of nitrogens with one attached hydrogen (secondary N) is 2. The van der Waals surface area contributed by atoms with Crippen LogP contribution < -0.4 is 14.8 Å². The molecule has 4 rings (SSSR count). The standard InChI is InChI=1S/C22H19N3O4/c1-27-19-4-2-3-5-20(19)28-14-17-10-11-21(29-17)22(26)24-16-8-6-15(7-9-16)18-12-13-23-25-18/h2-13H,14H2,1H3,(H,23,25)(H,24,26). The average Bonchev–Trinajstić information content (AvgIpc) is 3.45. The minimum Gasteiger partial charge on any atom is -0.493 e. The third kappa shape index (κ3) is 4.30. The van der Waals surface area contributed by atoms with Gasteiger partial charge in [0.05, 0.1) is 12.8 Å². The van der Waals surface area contributed by atoms with Gasteiger partial charge in [0, 0.05) is 11.9 Å². The predicted molar refractivity (Wildman–Crippen MR) is 108 cm³/mol. The smallest absolute Gasteiger partial charge is 0.291 e. The fourth-order valence-corrected chi connectivity index (χ4v) is 2.81. The number of anilines is 1. The third-order valence-electron chi connectivity index (χ3n) is 4.28. The topological polar surface area (TPSA) is 89.4 Å². The van der Waals surface area contributed by atoms with Gasteiger partial charge in [-0.3, -0.25) is 9.89 Å². The predicted octanol–water partition coefficient (Wildman–Crippen LogP) is 4.51. The van der Waals surface area contributed by atoms with Crippen LogP contribution in [0, 0.1) is 0 Å². The first-order chi connectivity index (χ1) is 14.2. The lowest BCUT2D eigenvalue weighted by Crippen LogP contribution is -2.10. The van der Waals surface area contributed by atoms with Gasteiger partial charge in [-0.1, -0.05) is 24.3 Å². The zero-order chi connectivity index (χ0) is 20.1. The molecule has 29 heavy (non-hydrogen) atoms. The summed E-state index contributed by atoms with van der Waals surface area (Å²) in [5, 5.41) is 9.65. The van der Waals surface area contributed by atoms with Crippen molar-refractivity contribution in [2.24, 2.45) is 0 Å². The summed E-state index contributed by atoms with van der Waals surface area (Å²) in [5.74, 6) is 1.66. The fourth-order valence-electron chi connectivity index (χ4n) is 2.81. The summed E-state index contributed by atoms with van der Waals surface area (Å²) in [5.41, 5.74) is 2.56. The molecule has 0 aliphatic carbocycles. The lowest BCUT2D eigenvalue weighted by Gasteiger charge is -2.08. The van der Waals surface area contributed by atoms with Gasteiger partial charge >= 0.3 is 0 Å². The summed E-state index contributed by atoms with van der Waals surface area (Å²) in [7, 11) is 1.58. The van der Waals surface area contributed by atoms with E-state index >= 15 is 0 Å². The zero-order valence-corrected chi connectivity index (χ0v) is 15.7. The van der Waals surface area contributed by atoms with Crippen LogP contribution in [-0.4, -0.2) is 23.2 Å². The monoisotopic (exact) mass is 389 g/mol. The highest BCUT2D eigenvalue weighted by atomic mass is 16.5. The van der Waals surface area contributed by atoms with E-state index in [4.69, 9.17) is 13.9 Å². The first-order valence-electron chi connectivity index (χ1n) is 8.98. The van der Waals surface area contributed by atoms with Crippen molar-refractivity contribution < 1.29 is 18.7 Å². The highest BCUT2D eigenvalue weighted by Crippen LogP contribution is 2.27. The Morgan fingerprint density at radius 3 is 2.55 bits per heavy atom. The Morgan fingerprint density at radius 2 is 1.83 bits per heavy atom. The number of carbonyl (C=O) groups excluding carboxylic acids is 1. The lowest BCUT2D eigenvalue weighted by molar-refractivity contribution is 0.0992. The molecule has 0 unspecified atom stereocenters. The molecule has 2 N–H and O–H groups in total. The Labute approximate surface area is 167 Å². The highest BCUT2D eigenvalue weighted by molar-refractivity contribution is 6.02. The van der Waals surface area contributed by atoms with Gasteiger partial charge in [-0.25, -0.2) is 0 Å². The number of furan rings is 1. The summed E-state index contributed by atoms with van der Waals surface area (Å²) in [6, 6.07) is 20.0. The number of hydrogen-bond donors (Lipinski definition) is 2. The fraction of sp³-hybridized carbons (Fsp3) is 0.0909. The molecule has 7 heteroatoms. The molecule has 7 nitrogen and oxygen atoms in total. The molecule has 0 saturated heterocycles. The van der Waals surface area contributed by atoms with Crippen LogP contribution >= 0.6 is 0 Å². The number of benzene rings is 2. The second kappa shape index (κ2) is 8.35. The van der Waals surface area contributed by atoms with Gasteiger partial charge in [0.15, 0.2) is 17.3 Å². The molecule has 0 radical (unpaired) electrons. The number of methoxy groups -OCH3 is 1. The van der Waals surface area contributed by atoms with Gasteiger partial charge in [-0.15, -0.1) is 0 Å². The van der Waals surface area contributed by atoms with Gasteiger partial charge < -0.3 is 19.2 Å². The van der Waals surface area contributed by atoms with Crippen molar-refractivity contribution in [3.63, 3.8) is 0 Å². The van der Waals surface area contributed by atoms with E-state index in [1.54, 1.807) is 25.4 Å². The third-order valence-corrected chi connectivity index (χ3v) is 4.28. The minimum atomic E-state index is -0.331. The van der Waals surface area contributed by atoms with Crippen molar-refractivity contribution in [3.8, 4) is 22.8 Å². The van der Waals surface area contributed by atoms with Crippen LogP contribution in [0.5, 0.6) is 11.5 Å². The molecule has 0 bridgehead atoms. The molecule has 2 heterocycles. The zero-order valence-electron chi connectivity index (χ0n) is 15.7. The first kappa shape index (κ1) is 18.4. The number of ether oxygens (including phenoxy) is 2. The van der Waals surface area contributed by atoms with Gasteiger partial charge in [0.2, 0.25) is 0 Å². The number of aromatic amines is 1. The Balaban J connectivity index is 1.37. The lowest BCUT2D eigenvalue weighted by atomic mass is 10.1. The number of amides is 1. The second-order valence-corrected chi connectivity index (χ2v) is 6.21. The maximum Gasteiger partial charge on any atom is 0.291 e. The van der Waals surface area contributed by atoms with Crippen LogP contribution in [0.2, 0.25) is 0 Å². The molecule has 146 valence electrons. The van der Waals surface area contributed by atoms with Crippen LogP contribution in [0.25, 0.3) is 11.3 Å². The molecule has 0 aliphatic heterocycles. The number of hydrogen-bond acceptors (Lipinski definition) is 5. The van der Waals surface area contributed by atoms with E-state index in [-0.39, 0.29) is 18.3 Å². The molecule has 4 aromatic rings. The quantitative estimate of drug-likeness (QED) is 0.485. The summed E-state index contributed by atoms with van der Waals surface area (Å²) >= 11 is 0. The van der Waals surface area contributed by atoms with Crippen LogP contribution in [0.1, 0.15) is 16.3 Å². The maximum atomic E-state index is 12.4. The van der Waals surface area contributed by atoms with Crippen molar-refractivity contribution in [3.05, 3.63) is 84.4 Å². The summed E-state index contributed by atoms with van der Waals surface area (Å²) in [4.78, 5) is 12.4. The van der Waals surface area contributed by atoms with E-state index in [2.05, 4.69) is 15.5 Å². The van der Waals surface area contributed by atoms with Gasteiger partial charge in [-0.05, 0) is 48.0 Å². The molecular formula is C22H19N3O4.